The van der Waals surface area contributed by atoms with Crippen LogP contribution in [0.1, 0.15) is 11.1 Å². The van der Waals surface area contributed by atoms with E-state index in [9.17, 15) is 5.11 Å². The molecule has 1 heterocycles. The highest BCUT2D eigenvalue weighted by atomic mass is 16.3. The molecule has 2 N–H and O–H groups in total. The smallest absolute Gasteiger partial charge is 0.120 e. The van der Waals surface area contributed by atoms with E-state index in [-0.39, 0.29) is 5.75 Å². The minimum atomic E-state index is 0.249. The number of nitriles is 1. The highest BCUT2D eigenvalue weighted by molar-refractivity contribution is 5.87. The van der Waals surface area contributed by atoms with Crippen molar-refractivity contribution in [3.8, 4) is 11.8 Å². The van der Waals surface area contributed by atoms with Gasteiger partial charge in [0.1, 0.15) is 11.8 Å². The summed E-state index contributed by atoms with van der Waals surface area (Å²) in [5.74, 6) is 0.249. The van der Waals surface area contributed by atoms with E-state index in [4.69, 9.17) is 5.26 Å². The number of hydrogen-bond donors (Lipinski definition) is 2. The Morgan fingerprint density at radius 2 is 2.23 bits per heavy atom. The number of H-pyrrole nitrogens is 1. The Morgan fingerprint density at radius 1 is 1.46 bits per heavy atom. The molecule has 0 fully saturated rings. The summed E-state index contributed by atoms with van der Waals surface area (Å²) >= 11 is 0. The second-order valence-corrected chi connectivity index (χ2v) is 3.00. The van der Waals surface area contributed by atoms with E-state index in [2.05, 4.69) is 11.1 Å². The van der Waals surface area contributed by atoms with Gasteiger partial charge in [0.25, 0.3) is 0 Å². The molecule has 0 saturated carbocycles. The van der Waals surface area contributed by atoms with Gasteiger partial charge in [-0.1, -0.05) is 0 Å². The Labute approximate surface area is 75.2 Å². The predicted octanol–water partition coefficient (Wildman–Crippen LogP) is 2.05. The van der Waals surface area contributed by atoms with Crippen LogP contribution in [0.2, 0.25) is 0 Å². The van der Waals surface area contributed by atoms with E-state index in [0.29, 0.717) is 5.56 Å². The topological polar surface area (TPSA) is 59.8 Å². The van der Waals surface area contributed by atoms with Crippen molar-refractivity contribution in [1.29, 1.82) is 5.26 Å². The van der Waals surface area contributed by atoms with E-state index >= 15 is 0 Å². The summed E-state index contributed by atoms with van der Waals surface area (Å²) < 4.78 is 0. The van der Waals surface area contributed by atoms with Gasteiger partial charge < -0.3 is 10.1 Å². The first-order valence-electron chi connectivity index (χ1n) is 3.93. The number of nitrogens with one attached hydrogen (secondary N) is 1. The molecule has 3 nitrogen and oxygen atoms in total. The molecular formula is C10H8N2O. The fraction of sp³-hybridized carbons (Fsp3) is 0.100. The molecule has 64 valence electrons. The summed E-state index contributed by atoms with van der Waals surface area (Å²) in [6.45, 7) is 1.81. The maximum Gasteiger partial charge on any atom is 0.120 e. The average molecular weight is 172 g/mol. The molecule has 2 rings (SSSR count). The number of rotatable bonds is 0. The van der Waals surface area contributed by atoms with E-state index in [1.165, 1.54) is 0 Å². The number of benzene rings is 1. The lowest BCUT2D eigenvalue weighted by Gasteiger charge is -1.97. The molecule has 1 aromatic heterocycles. The van der Waals surface area contributed by atoms with E-state index in [1.807, 2.05) is 6.92 Å². The lowest BCUT2D eigenvalue weighted by Crippen LogP contribution is -1.76. The van der Waals surface area contributed by atoms with Crippen LogP contribution in [0.5, 0.6) is 5.75 Å². The van der Waals surface area contributed by atoms with Gasteiger partial charge in [-0.25, -0.2) is 0 Å². The van der Waals surface area contributed by atoms with Crippen LogP contribution < -0.4 is 0 Å². The summed E-state index contributed by atoms with van der Waals surface area (Å²) in [6.07, 6.45) is 1.64. The monoisotopic (exact) mass is 172 g/mol. The Kier molecular flexibility index (Phi) is 1.49. The largest absolute Gasteiger partial charge is 0.508 e. The highest BCUT2D eigenvalue weighted by Crippen LogP contribution is 2.25. The first kappa shape index (κ1) is 7.69. The second-order valence-electron chi connectivity index (χ2n) is 3.00. The van der Waals surface area contributed by atoms with Crippen molar-refractivity contribution in [1.82, 2.24) is 4.98 Å². The quantitative estimate of drug-likeness (QED) is 0.638. The lowest BCUT2D eigenvalue weighted by molar-refractivity contribution is 0.472. The van der Waals surface area contributed by atoms with Gasteiger partial charge in [-0.05, 0) is 18.6 Å². The molecule has 0 aliphatic rings. The standard InChI is InChI=1S/C10H8N2O/c1-6-2-8-7(4-11)5-12-9(8)3-10(6)13/h2-3,5,12-13H,1H3. The van der Waals surface area contributed by atoms with Gasteiger partial charge in [0.15, 0.2) is 0 Å². The fourth-order valence-corrected chi connectivity index (χ4v) is 1.36. The van der Waals surface area contributed by atoms with Crippen LogP contribution in [-0.2, 0) is 0 Å². The minimum Gasteiger partial charge on any atom is -0.508 e. The first-order valence-corrected chi connectivity index (χ1v) is 3.93. The molecule has 0 unspecified atom stereocenters. The van der Waals surface area contributed by atoms with Crippen molar-refractivity contribution >= 4 is 10.9 Å². The highest BCUT2D eigenvalue weighted by Gasteiger charge is 2.05. The Morgan fingerprint density at radius 3 is 2.92 bits per heavy atom. The van der Waals surface area contributed by atoms with Gasteiger partial charge in [-0.15, -0.1) is 0 Å². The van der Waals surface area contributed by atoms with Crippen LogP contribution in [-0.4, -0.2) is 10.1 Å². The SMILES string of the molecule is Cc1cc2c(C#N)c[nH]c2cc1O. The Hall–Kier alpha value is -1.95. The average Bonchev–Trinajstić information content (AvgIpc) is 2.48. The third-order valence-corrected chi connectivity index (χ3v) is 2.12. The number of aromatic amines is 1. The number of phenols is 1. The third-order valence-electron chi connectivity index (χ3n) is 2.12. The van der Waals surface area contributed by atoms with Crippen LogP contribution in [0.15, 0.2) is 18.3 Å². The van der Waals surface area contributed by atoms with E-state index in [0.717, 1.165) is 16.5 Å². The summed E-state index contributed by atoms with van der Waals surface area (Å²) in [5.41, 5.74) is 2.18. The number of aryl methyl sites for hydroxylation is 1. The molecule has 13 heavy (non-hydrogen) atoms. The molecule has 3 heteroatoms. The van der Waals surface area contributed by atoms with Crippen LogP contribution in [0.4, 0.5) is 0 Å². The molecule has 0 radical (unpaired) electrons. The van der Waals surface area contributed by atoms with Crippen LogP contribution in [0.25, 0.3) is 10.9 Å². The summed E-state index contributed by atoms with van der Waals surface area (Å²) in [6, 6.07) is 5.52. The maximum absolute atomic E-state index is 9.40. The number of aromatic hydroxyl groups is 1. The number of phenolic OH excluding ortho intramolecular Hbond substituents is 1. The zero-order valence-electron chi connectivity index (χ0n) is 7.13. The summed E-state index contributed by atoms with van der Waals surface area (Å²) in [7, 11) is 0. The molecule has 0 aliphatic carbocycles. The van der Waals surface area contributed by atoms with Gasteiger partial charge in [0.2, 0.25) is 0 Å². The number of nitrogens with zero attached hydrogens (tertiary/aromatic N) is 1. The molecule has 0 aliphatic heterocycles. The number of hydrogen-bond acceptors (Lipinski definition) is 2. The molecule has 2 aromatic rings. The number of fused-ring (bicyclic) bond motifs is 1. The zero-order chi connectivity index (χ0) is 9.42. The molecule has 0 saturated heterocycles. The molecule has 0 spiro atoms. The maximum atomic E-state index is 9.40. The molecule has 1 aromatic carbocycles. The van der Waals surface area contributed by atoms with Crippen molar-refractivity contribution in [2.24, 2.45) is 0 Å². The third kappa shape index (κ3) is 1.04. The first-order chi connectivity index (χ1) is 6.22. The second kappa shape index (κ2) is 2.53. The molecule has 0 bridgehead atoms. The summed E-state index contributed by atoms with van der Waals surface area (Å²) in [4.78, 5) is 2.92. The van der Waals surface area contributed by atoms with Gasteiger partial charge in [-0.3, -0.25) is 0 Å². The van der Waals surface area contributed by atoms with Gasteiger partial charge >= 0.3 is 0 Å². The normalized spacial score (nSPS) is 10.2. The summed E-state index contributed by atoms with van der Waals surface area (Å²) in [5, 5.41) is 19.0. The van der Waals surface area contributed by atoms with Crippen LogP contribution in [0, 0.1) is 18.3 Å². The molecule has 0 atom stereocenters. The van der Waals surface area contributed by atoms with E-state index < -0.39 is 0 Å². The van der Waals surface area contributed by atoms with Gasteiger partial charge in [-0.2, -0.15) is 5.26 Å². The van der Waals surface area contributed by atoms with Crippen molar-refractivity contribution < 1.29 is 5.11 Å². The lowest BCUT2D eigenvalue weighted by atomic mass is 10.1. The van der Waals surface area contributed by atoms with Crippen molar-refractivity contribution in [2.75, 3.05) is 0 Å². The van der Waals surface area contributed by atoms with Crippen molar-refractivity contribution in [3.63, 3.8) is 0 Å². The molecular weight excluding hydrogens is 164 g/mol. The Bertz CT molecular complexity index is 505. The van der Waals surface area contributed by atoms with E-state index in [1.54, 1.807) is 18.3 Å². The zero-order valence-corrected chi connectivity index (χ0v) is 7.13. The van der Waals surface area contributed by atoms with Gasteiger partial charge in [0, 0.05) is 17.6 Å². The van der Waals surface area contributed by atoms with Crippen LogP contribution in [0.3, 0.4) is 0 Å². The van der Waals surface area contributed by atoms with Crippen LogP contribution >= 0.6 is 0 Å². The predicted molar refractivity (Wildman–Crippen MR) is 49.4 cm³/mol. The Balaban J connectivity index is 2.86. The van der Waals surface area contributed by atoms with Crippen molar-refractivity contribution in [2.45, 2.75) is 6.92 Å². The fourth-order valence-electron chi connectivity index (χ4n) is 1.36. The molecule has 0 amide bonds. The number of aromatic nitrogens is 1. The minimum absolute atomic E-state index is 0.249. The van der Waals surface area contributed by atoms with Gasteiger partial charge in [0.05, 0.1) is 11.1 Å². The van der Waals surface area contributed by atoms with Crippen molar-refractivity contribution in [3.05, 3.63) is 29.5 Å².